The topological polar surface area (TPSA) is 109 Å². The maximum absolute atomic E-state index is 8.74. The lowest BCUT2D eigenvalue weighted by atomic mass is 10.2. The first-order valence-electron chi connectivity index (χ1n) is 6.90. The van der Waals surface area contributed by atoms with Crippen LogP contribution in [0, 0.1) is 0 Å². The number of rotatable bonds is 7. The van der Waals surface area contributed by atoms with Gasteiger partial charge in [0, 0.05) is 23.9 Å². The normalized spacial score (nSPS) is 10.9. The molecule has 128 valence electrons. The molecule has 9 heteroatoms. The molecule has 23 heavy (non-hydrogen) atoms. The third-order valence-electron chi connectivity index (χ3n) is 2.66. The molecule has 0 unspecified atom stereocenters. The largest absolute Gasteiger partial charge is 0.477 e. The van der Waals surface area contributed by atoms with Gasteiger partial charge in [-0.3, -0.25) is 9.11 Å². The second kappa shape index (κ2) is 10.4. The third-order valence-corrected chi connectivity index (χ3v) is 2.89. The Morgan fingerprint density at radius 3 is 2.57 bits per heavy atom. The average Bonchev–Trinajstić information content (AvgIpc) is 2.49. The second-order valence-corrected chi connectivity index (χ2v) is 5.80. The molecule has 2 aromatic rings. The Kier molecular flexibility index (Phi) is 8.89. The predicted octanol–water partition coefficient (Wildman–Crippen LogP) is 1.87. The van der Waals surface area contributed by atoms with E-state index in [1.807, 2.05) is 24.3 Å². The van der Waals surface area contributed by atoms with Gasteiger partial charge in [-0.15, -0.1) is 0 Å². The molecule has 7 nitrogen and oxygen atoms in total. The van der Waals surface area contributed by atoms with Gasteiger partial charge in [0.05, 0.1) is 6.61 Å². The summed E-state index contributed by atoms with van der Waals surface area (Å²) in [7, 11) is -4.67. The Morgan fingerprint density at radius 1 is 1.17 bits per heavy atom. The maximum Gasteiger partial charge on any atom is 0.394 e. The number of ether oxygens (including phenoxy) is 1. The summed E-state index contributed by atoms with van der Waals surface area (Å²) in [6, 6.07) is 10.1. The van der Waals surface area contributed by atoms with Gasteiger partial charge in [0.15, 0.2) is 0 Å². The minimum atomic E-state index is -4.67. The third kappa shape index (κ3) is 9.36. The first-order chi connectivity index (χ1) is 10.9. The molecule has 1 aromatic carbocycles. The molecular weight excluding hydrogens is 340 g/mol. The molecule has 0 aliphatic rings. The van der Waals surface area contributed by atoms with E-state index in [1.165, 1.54) is 0 Å². The zero-order chi connectivity index (χ0) is 17.1. The summed E-state index contributed by atoms with van der Waals surface area (Å²) in [5.41, 5.74) is 0. The number of nitrogens with one attached hydrogen (secondary N) is 1. The Labute approximate surface area is 141 Å². The highest BCUT2D eigenvalue weighted by molar-refractivity contribution is 7.80. The van der Waals surface area contributed by atoms with Crippen molar-refractivity contribution in [3.8, 4) is 5.88 Å². The molecule has 3 N–H and O–H groups in total. The first-order valence-corrected chi connectivity index (χ1v) is 8.93. The van der Waals surface area contributed by atoms with E-state index >= 15 is 0 Å². The van der Waals surface area contributed by atoms with Crippen molar-refractivity contribution >= 4 is 33.8 Å². The van der Waals surface area contributed by atoms with Gasteiger partial charge in [-0.2, -0.15) is 21.0 Å². The molecule has 1 heterocycles. The molecule has 0 fully saturated rings. The zero-order valence-corrected chi connectivity index (χ0v) is 14.1. The molecule has 0 aliphatic heterocycles. The van der Waals surface area contributed by atoms with Crippen molar-refractivity contribution in [2.45, 2.75) is 6.42 Å². The van der Waals surface area contributed by atoms with E-state index < -0.39 is 10.4 Å². The van der Waals surface area contributed by atoms with Gasteiger partial charge in [-0.25, -0.2) is 4.98 Å². The van der Waals surface area contributed by atoms with Crippen molar-refractivity contribution in [1.29, 1.82) is 0 Å². The van der Waals surface area contributed by atoms with Gasteiger partial charge < -0.3 is 10.1 Å². The monoisotopic (exact) mass is 360 g/mol. The lowest BCUT2D eigenvalue weighted by Gasteiger charge is -2.08. The highest BCUT2D eigenvalue weighted by Crippen LogP contribution is 2.22. The fraction of sp³-hybridized carbons (Fsp3) is 0.357. The van der Waals surface area contributed by atoms with Gasteiger partial charge in [0.1, 0.15) is 0 Å². The van der Waals surface area contributed by atoms with Crippen LogP contribution in [0.4, 0.5) is 0 Å². The number of aromatic nitrogens is 1. The van der Waals surface area contributed by atoms with Crippen molar-refractivity contribution in [2.75, 3.05) is 25.4 Å². The van der Waals surface area contributed by atoms with Crippen LogP contribution in [0.2, 0.25) is 0 Å². The van der Waals surface area contributed by atoms with Crippen molar-refractivity contribution in [2.24, 2.45) is 0 Å². The molecule has 0 radical (unpaired) electrons. The van der Waals surface area contributed by atoms with Gasteiger partial charge >= 0.3 is 10.4 Å². The number of hydrogen-bond donors (Lipinski definition) is 4. The van der Waals surface area contributed by atoms with Crippen molar-refractivity contribution in [3.63, 3.8) is 0 Å². The quantitative estimate of drug-likeness (QED) is 0.339. The number of benzene rings is 1. The molecule has 0 saturated carbocycles. The Bertz CT molecular complexity index is 681. The molecule has 2 rings (SSSR count). The summed E-state index contributed by atoms with van der Waals surface area (Å²) in [6.45, 7) is 2.57. The van der Waals surface area contributed by atoms with E-state index in [9.17, 15) is 0 Å². The predicted molar refractivity (Wildman–Crippen MR) is 92.8 cm³/mol. The Morgan fingerprint density at radius 2 is 1.87 bits per heavy atom. The van der Waals surface area contributed by atoms with Crippen molar-refractivity contribution in [3.05, 3.63) is 36.5 Å². The van der Waals surface area contributed by atoms with E-state index in [4.69, 9.17) is 22.3 Å². The highest BCUT2D eigenvalue weighted by Gasteiger charge is 2.01. The van der Waals surface area contributed by atoms with Crippen molar-refractivity contribution < 1.29 is 22.3 Å². The lowest BCUT2D eigenvalue weighted by molar-refractivity contribution is 0.301. The van der Waals surface area contributed by atoms with Crippen LogP contribution in [0.5, 0.6) is 5.88 Å². The smallest absolute Gasteiger partial charge is 0.394 e. The second-order valence-electron chi connectivity index (χ2n) is 4.46. The number of pyridine rings is 1. The maximum atomic E-state index is 8.74. The average molecular weight is 360 g/mol. The number of hydrogen-bond acceptors (Lipinski definition) is 6. The Hall–Kier alpha value is -1.39. The summed E-state index contributed by atoms with van der Waals surface area (Å²) < 4.78 is 37.3. The van der Waals surface area contributed by atoms with E-state index in [1.54, 1.807) is 6.20 Å². The summed E-state index contributed by atoms with van der Waals surface area (Å²) in [4.78, 5) is 4.29. The highest BCUT2D eigenvalue weighted by atomic mass is 32.3. The van der Waals surface area contributed by atoms with Gasteiger partial charge in [-0.05, 0) is 30.5 Å². The van der Waals surface area contributed by atoms with Crippen molar-refractivity contribution in [1.82, 2.24) is 10.3 Å². The number of fused-ring (bicyclic) bond motifs is 1. The molecule has 1 aromatic heterocycles. The Balaban J connectivity index is 0.000000463. The first kappa shape index (κ1) is 19.7. The summed E-state index contributed by atoms with van der Waals surface area (Å²) >= 11 is 4.14. The molecule has 0 atom stereocenters. The zero-order valence-electron chi connectivity index (χ0n) is 12.4. The van der Waals surface area contributed by atoms with Crippen LogP contribution in [0.1, 0.15) is 6.42 Å². The van der Waals surface area contributed by atoms with Crippen LogP contribution in [0.25, 0.3) is 10.8 Å². The van der Waals surface area contributed by atoms with Crippen LogP contribution in [-0.2, 0) is 10.4 Å². The van der Waals surface area contributed by atoms with Gasteiger partial charge in [0.2, 0.25) is 5.88 Å². The van der Waals surface area contributed by atoms with Crippen LogP contribution < -0.4 is 10.1 Å². The summed E-state index contributed by atoms with van der Waals surface area (Å²) in [6.07, 6.45) is 2.76. The SMILES string of the molecule is O=S(=O)(O)O.SCCNCCCOc1nccc2ccccc12. The molecule has 0 saturated heterocycles. The molecule has 0 amide bonds. The molecular formula is C14H20N2O5S2. The minimum absolute atomic E-state index is 0.681. The summed E-state index contributed by atoms with van der Waals surface area (Å²) in [5.74, 6) is 1.59. The fourth-order valence-electron chi connectivity index (χ4n) is 1.78. The molecule has 0 aliphatic carbocycles. The van der Waals surface area contributed by atoms with Gasteiger partial charge in [-0.1, -0.05) is 18.2 Å². The summed E-state index contributed by atoms with van der Waals surface area (Å²) in [5, 5.41) is 5.52. The number of nitrogens with zero attached hydrogens (tertiary/aromatic N) is 1. The molecule has 0 bridgehead atoms. The van der Waals surface area contributed by atoms with Crippen LogP contribution >= 0.6 is 12.6 Å². The van der Waals surface area contributed by atoms with E-state index in [0.29, 0.717) is 6.61 Å². The van der Waals surface area contributed by atoms with Crippen LogP contribution in [-0.4, -0.2) is 48.0 Å². The minimum Gasteiger partial charge on any atom is -0.477 e. The van der Waals surface area contributed by atoms with Gasteiger partial charge in [0.25, 0.3) is 0 Å². The fourth-order valence-corrected chi connectivity index (χ4v) is 1.94. The lowest BCUT2D eigenvalue weighted by Crippen LogP contribution is -2.19. The standard InChI is InChI=1S/C14H18N2OS.H2O4S/c18-11-9-15-7-3-10-17-14-13-5-2-1-4-12(13)6-8-16-14;1-5(2,3)4/h1-2,4-6,8,15,18H,3,7,9-11H2;(H2,1,2,3,4). The van der Waals surface area contributed by atoms with E-state index in [-0.39, 0.29) is 0 Å². The van der Waals surface area contributed by atoms with E-state index in [0.717, 1.165) is 41.9 Å². The number of thiol groups is 1. The van der Waals surface area contributed by atoms with E-state index in [2.05, 4.69) is 29.0 Å². The van der Waals surface area contributed by atoms with Crippen LogP contribution in [0.15, 0.2) is 36.5 Å². The van der Waals surface area contributed by atoms with Crippen LogP contribution in [0.3, 0.4) is 0 Å². The molecule has 0 spiro atoms.